The van der Waals surface area contributed by atoms with Gasteiger partial charge >= 0.3 is 0 Å². The SMILES string of the molecule is C[C@H](Sc1nncn1C)c1cccc(NC(=O)c2ccnc(C3CC3)n2)c1. The summed E-state index contributed by atoms with van der Waals surface area (Å²) in [6.45, 7) is 2.10. The molecule has 2 heterocycles. The molecule has 1 saturated carbocycles. The first-order chi connectivity index (χ1) is 13.1. The van der Waals surface area contributed by atoms with Gasteiger partial charge in [-0.15, -0.1) is 10.2 Å². The number of aromatic nitrogens is 5. The Morgan fingerprint density at radius 2 is 2.19 bits per heavy atom. The smallest absolute Gasteiger partial charge is 0.274 e. The third-order valence-electron chi connectivity index (χ3n) is 4.42. The number of carbonyl (C=O) groups is 1. The van der Waals surface area contributed by atoms with Crippen LogP contribution in [0.4, 0.5) is 5.69 Å². The molecule has 0 aliphatic heterocycles. The minimum atomic E-state index is -0.218. The van der Waals surface area contributed by atoms with Crippen molar-refractivity contribution in [3.8, 4) is 0 Å². The number of nitrogens with zero attached hydrogens (tertiary/aromatic N) is 5. The minimum absolute atomic E-state index is 0.172. The number of carbonyl (C=O) groups excluding carboxylic acids is 1. The van der Waals surface area contributed by atoms with Crippen molar-refractivity contribution < 1.29 is 4.79 Å². The van der Waals surface area contributed by atoms with Crippen molar-refractivity contribution in [2.24, 2.45) is 7.05 Å². The fraction of sp³-hybridized carbons (Fsp3) is 0.316. The van der Waals surface area contributed by atoms with E-state index in [1.165, 1.54) is 0 Å². The fourth-order valence-electron chi connectivity index (χ4n) is 2.71. The third kappa shape index (κ3) is 4.16. The minimum Gasteiger partial charge on any atom is -0.321 e. The van der Waals surface area contributed by atoms with Crippen molar-refractivity contribution in [2.75, 3.05) is 5.32 Å². The maximum Gasteiger partial charge on any atom is 0.274 e. The first kappa shape index (κ1) is 17.7. The van der Waals surface area contributed by atoms with Gasteiger partial charge in [0.2, 0.25) is 0 Å². The van der Waals surface area contributed by atoms with E-state index in [2.05, 4.69) is 32.4 Å². The number of anilines is 1. The molecular weight excluding hydrogens is 360 g/mol. The van der Waals surface area contributed by atoms with Crippen molar-refractivity contribution in [3.05, 3.63) is 59.9 Å². The summed E-state index contributed by atoms with van der Waals surface area (Å²) in [5.74, 6) is 0.967. The summed E-state index contributed by atoms with van der Waals surface area (Å²) >= 11 is 1.62. The van der Waals surface area contributed by atoms with Crippen LogP contribution in [0.3, 0.4) is 0 Å². The quantitative estimate of drug-likeness (QED) is 0.658. The number of thioether (sulfide) groups is 1. The normalized spacial score (nSPS) is 14.7. The molecule has 1 fully saturated rings. The van der Waals surface area contributed by atoms with E-state index >= 15 is 0 Å². The van der Waals surface area contributed by atoms with E-state index in [4.69, 9.17) is 0 Å². The van der Waals surface area contributed by atoms with E-state index in [9.17, 15) is 4.79 Å². The molecule has 1 atom stereocenters. The van der Waals surface area contributed by atoms with Crippen LogP contribution in [0.2, 0.25) is 0 Å². The second kappa shape index (κ2) is 7.48. The summed E-state index contributed by atoms with van der Waals surface area (Å²) in [5.41, 5.74) is 2.25. The van der Waals surface area contributed by atoms with Gasteiger partial charge in [0.15, 0.2) is 5.16 Å². The van der Waals surface area contributed by atoms with E-state index in [1.807, 2.05) is 35.9 Å². The number of hydrogen-bond acceptors (Lipinski definition) is 6. The van der Waals surface area contributed by atoms with Gasteiger partial charge in [-0.1, -0.05) is 23.9 Å². The predicted molar refractivity (Wildman–Crippen MR) is 104 cm³/mol. The molecule has 1 aromatic carbocycles. The highest BCUT2D eigenvalue weighted by Crippen LogP contribution is 2.37. The Balaban J connectivity index is 1.46. The Morgan fingerprint density at radius 1 is 1.33 bits per heavy atom. The molecule has 7 nitrogen and oxygen atoms in total. The fourth-order valence-corrected chi connectivity index (χ4v) is 3.61. The highest BCUT2D eigenvalue weighted by molar-refractivity contribution is 7.99. The monoisotopic (exact) mass is 380 g/mol. The van der Waals surface area contributed by atoms with Gasteiger partial charge in [-0.3, -0.25) is 4.79 Å². The van der Waals surface area contributed by atoms with Crippen LogP contribution < -0.4 is 5.32 Å². The molecule has 2 aromatic heterocycles. The van der Waals surface area contributed by atoms with E-state index < -0.39 is 0 Å². The number of amides is 1. The van der Waals surface area contributed by atoms with Gasteiger partial charge in [0.25, 0.3) is 5.91 Å². The molecule has 27 heavy (non-hydrogen) atoms. The lowest BCUT2D eigenvalue weighted by Crippen LogP contribution is -2.15. The Bertz CT molecular complexity index is 968. The van der Waals surface area contributed by atoms with Crippen LogP contribution in [-0.2, 0) is 7.05 Å². The first-order valence-electron chi connectivity index (χ1n) is 8.85. The Morgan fingerprint density at radius 3 is 2.93 bits per heavy atom. The summed E-state index contributed by atoms with van der Waals surface area (Å²) < 4.78 is 1.89. The molecule has 3 aromatic rings. The Labute approximate surface area is 161 Å². The standard InChI is InChI=1S/C19H20N6OS/c1-12(27-19-24-21-11-25(19)2)14-4-3-5-15(10-14)22-18(26)16-8-9-20-17(23-16)13-6-7-13/h3-5,8-13H,6-7H2,1-2H3,(H,22,26)/t12-/m0/s1. The molecular formula is C19H20N6OS. The molecule has 0 bridgehead atoms. The van der Waals surface area contributed by atoms with Crippen LogP contribution in [0.15, 0.2) is 48.0 Å². The van der Waals surface area contributed by atoms with Crippen LogP contribution in [0.5, 0.6) is 0 Å². The summed E-state index contributed by atoms with van der Waals surface area (Å²) in [6, 6.07) is 9.49. The lowest BCUT2D eigenvalue weighted by molar-refractivity contribution is 0.102. The van der Waals surface area contributed by atoms with Gasteiger partial charge in [0.1, 0.15) is 17.8 Å². The van der Waals surface area contributed by atoms with Crippen molar-refractivity contribution in [1.29, 1.82) is 0 Å². The molecule has 138 valence electrons. The van der Waals surface area contributed by atoms with E-state index in [0.29, 0.717) is 11.6 Å². The van der Waals surface area contributed by atoms with Crippen molar-refractivity contribution in [1.82, 2.24) is 24.7 Å². The molecule has 1 N–H and O–H groups in total. The van der Waals surface area contributed by atoms with E-state index in [0.717, 1.165) is 35.1 Å². The number of nitrogens with one attached hydrogen (secondary N) is 1. The summed E-state index contributed by atoms with van der Waals surface area (Å²) in [4.78, 5) is 21.2. The second-order valence-electron chi connectivity index (χ2n) is 6.64. The molecule has 1 aliphatic carbocycles. The molecule has 8 heteroatoms. The summed E-state index contributed by atoms with van der Waals surface area (Å²) in [7, 11) is 1.92. The largest absolute Gasteiger partial charge is 0.321 e. The van der Waals surface area contributed by atoms with Crippen molar-refractivity contribution in [3.63, 3.8) is 0 Å². The number of rotatable bonds is 6. The molecule has 0 spiro atoms. The second-order valence-corrected chi connectivity index (χ2v) is 7.95. The zero-order valence-electron chi connectivity index (χ0n) is 15.2. The third-order valence-corrected chi connectivity index (χ3v) is 5.62. The van der Waals surface area contributed by atoms with Crippen molar-refractivity contribution >= 4 is 23.4 Å². The van der Waals surface area contributed by atoms with Crippen LogP contribution in [0.1, 0.15) is 52.8 Å². The van der Waals surface area contributed by atoms with Crippen molar-refractivity contribution in [2.45, 2.75) is 36.1 Å². The highest BCUT2D eigenvalue weighted by Gasteiger charge is 2.27. The lowest BCUT2D eigenvalue weighted by atomic mass is 10.1. The van der Waals surface area contributed by atoms with E-state index in [1.54, 1.807) is 30.4 Å². The summed E-state index contributed by atoms with van der Waals surface area (Å²) in [6.07, 6.45) is 5.55. The van der Waals surface area contributed by atoms with Crippen LogP contribution >= 0.6 is 11.8 Å². The molecule has 0 unspecified atom stereocenters. The lowest BCUT2D eigenvalue weighted by Gasteiger charge is -2.13. The van der Waals surface area contributed by atoms with Gasteiger partial charge in [-0.2, -0.15) is 0 Å². The van der Waals surface area contributed by atoms with E-state index in [-0.39, 0.29) is 11.2 Å². The maximum absolute atomic E-state index is 12.6. The zero-order chi connectivity index (χ0) is 18.8. The highest BCUT2D eigenvalue weighted by atomic mass is 32.2. The first-order valence-corrected chi connectivity index (χ1v) is 9.73. The molecule has 0 radical (unpaired) electrons. The zero-order valence-corrected chi connectivity index (χ0v) is 16.0. The summed E-state index contributed by atoms with van der Waals surface area (Å²) in [5, 5.41) is 12.0. The average molecular weight is 380 g/mol. The van der Waals surface area contributed by atoms with Crippen LogP contribution in [0.25, 0.3) is 0 Å². The molecule has 1 aliphatic rings. The number of aryl methyl sites for hydroxylation is 1. The average Bonchev–Trinajstić information content (AvgIpc) is 3.46. The number of benzene rings is 1. The van der Waals surface area contributed by atoms with Crippen LogP contribution in [-0.4, -0.2) is 30.6 Å². The Hall–Kier alpha value is -2.74. The van der Waals surface area contributed by atoms with Crippen LogP contribution in [0, 0.1) is 0 Å². The number of hydrogen-bond donors (Lipinski definition) is 1. The Kier molecular flexibility index (Phi) is 4.89. The maximum atomic E-state index is 12.6. The predicted octanol–water partition coefficient (Wildman–Crippen LogP) is 3.59. The van der Waals surface area contributed by atoms with Gasteiger partial charge in [-0.05, 0) is 43.5 Å². The molecule has 4 rings (SSSR count). The van der Waals surface area contributed by atoms with Gasteiger partial charge < -0.3 is 9.88 Å². The van der Waals surface area contributed by atoms with Gasteiger partial charge in [0.05, 0.1) is 0 Å². The molecule has 0 saturated heterocycles. The van der Waals surface area contributed by atoms with Gasteiger partial charge in [-0.25, -0.2) is 9.97 Å². The topological polar surface area (TPSA) is 85.6 Å². The molecule has 1 amide bonds. The van der Waals surface area contributed by atoms with Gasteiger partial charge in [0, 0.05) is 30.1 Å².